The minimum atomic E-state index is -0.281. The molecule has 0 atom stereocenters. The Morgan fingerprint density at radius 2 is 2.15 bits per heavy atom. The number of fused-ring (bicyclic) bond motifs is 1. The molecule has 6 nitrogen and oxygen atoms in total. The first-order valence-corrected chi connectivity index (χ1v) is 7.10. The van der Waals surface area contributed by atoms with Crippen LogP contribution in [0.3, 0.4) is 0 Å². The molecular weight excluding hydrogens is 326 g/mol. The Labute approximate surface area is 124 Å². The Hall–Kier alpha value is -1.76. The van der Waals surface area contributed by atoms with E-state index in [1.807, 2.05) is 18.2 Å². The van der Waals surface area contributed by atoms with Crippen molar-refractivity contribution in [3.05, 3.63) is 33.2 Å². The lowest BCUT2D eigenvalue weighted by Gasteiger charge is -2.07. The summed E-state index contributed by atoms with van der Waals surface area (Å²) < 4.78 is 8.75. The van der Waals surface area contributed by atoms with E-state index in [1.165, 1.54) is 4.68 Å². The average molecular weight is 342 g/mol. The number of imidazole rings is 1. The number of hydrogen-bond donors (Lipinski definition) is 1. The maximum absolute atomic E-state index is 12.1. The van der Waals surface area contributed by atoms with Crippen molar-refractivity contribution in [2.75, 3.05) is 18.6 Å². The van der Waals surface area contributed by atoms with E-state index >= 15 is 0 Å². The fraction of sp³-hybridized carbons (Fsp3) is 0.385. The van der Waals surface area contributed by atoms with Crippen molar-refractivity contribution < 1.29 is 9.53 Å². The zero-order chi connectivity index (χ0) is 14.7. The van der Waals surface area contributed by atoms with Crippen LogP contribution < -0.4 is 11.1 Å². The monoisotopic (exact) mass is 341 g/mol. The second kappa shape index (κ2) is 6.13. The smallest absolute Gasteiger partial charge is 0.347 e. The second-order valence-corrected chi connectivity index (χ2v) is 5.19. The zero-order valence-electron chi connectivity index (χ0n) is 11.4. The van der Waals surface area contributed by atoms with Gasteiger partial charge < -0.3 is 10.2 Å². The third-order valence-corrected chi connectivity index (χ3v) is 3.42. The first-order chi connectivity index (χ1) is 9.54. The average Bonchev–Trinajstić information content (AvgIpc) is 2.64. The van der Waals surface area contributed by atoms with E-state index in [4.69, 9.17) is 4.74 Å². The molecule has 0 aliphatic rings. The van der Waals surface area contributed by atoms with Gasteiger partial charge in [0.15, 0.2) is 0 Å². The predicted octanol–water partition coefficient (Wildman–Crippen LogP) is 1.60. The summed E-state index contributed by atoms with van der Waals surface area (Å²) in [4.78, 5) is 23.4. The van der Waals surface area contributed by atoms with Gasteiger partial charge >= 0.3 is 11.7 Å². The third kappa shape index (κ3) is 2.87. The maximum atomic E-state index is 12.1. The van der Waals surface area contributed by atoms with Crippen molar-refractivity contribution in [2.24, 2.45) is 7.05 Å². The molecule has 0 aliphatic carbocycles. The number of carbonyl (C=O) groups excluding carboxylic acids is 1. The van der Waals surface area contributed by atoms with Gasteiger partial charge in [0.25, 0.3) is 0 Å². The lowest BCUT2D eigenvalue weighted by molar-refractivity contribution is -0.142. The van der Waals surface area contributed by atoms with Gasteiger partial charge in [-0.05, 0) is 25.1 Å². The number of halogens is 1. The quantitative estimate of drug-likeness (QED) is 0.839. The van der Waals surface area contributed by atoms with Gasteiger partial charge in [0, 0.05) is 18.1 Å². The minimum absolute atomic E-state index is 0.179. The van der Waals surface area contributed by atoms with Gasteiger partial charge in [-0.2, -0.15) is 0 Å². The molecule has 1 aromatic carbocycles. The first-order valence-electron chi connectivity index (χ1n) is 6.31. The highest BCUT2D eigenvalue weighted by molar-refractivity contribution is 9.10. The Bertz CT molecular complexity index is 690. The Kier molecular flexibility index (Phi) is 4.49. The number of rotatable bonds is 5. The number of hydrogen-bond acceptors (Lipinski definition) is 4. The van der Waals surface area contributed by atoms with Crippen LogP contribution in [0.4, 0.5) is 0 Å². The van der Waals surface area contributed by atoms with Crippen LogP contribution in [0, 0.1) is 0 Å². The molecule has 0 amide bonds. The number of carbonyl (C=O) groups is 1. The highest BCUT2D eigenvalue weighted by Crippen LogP contribution is 2.17. The third-order valence-electron chi connectivity index (χ3n) is 2.92. The van der Waals surface area contributed by atoms with Crippen molar-refractivity contribution in [2.45, 2.75) is 13.3 Å². The molecule has 0 spiro atoms. The van der Waals surface area contributed by atoms with Crippen molar-refractivity contribution >= 4 is 32.9 Å². The number of aryl methyl sites for hydroxylation is 1. The minimum Gasteiger partial charge on any atom is -0.466 e. The van der Waals surface area contributed by atoms with E-state index in [2.05, 4.69) is 21.4 Å². The van der Waals surface area contributed by atoms with Crippen LogP contribution in [-0.2, 0) is 16.6 Å². The summed E-state index contributed by atoms with van der Waals surface area (Å²) in [6.45, 7) is 2.47. The summed E-state index contributed by atoms with van der Waals surface area (Å²) in [5.41, 5.74) is 4.36. The van der Waals surface area contributed by atoms with Gasteiger partial charge in [-0.15, -0.1) is 0 Å². The molecule has 1 N–H and O–H groups in total. The van der Waals surface area contributed by atoms with Gasteiger partial charge in [0.1, 0.15) is 0 Å². The molecular formula is C13H16BrN3O3. The summed E-state index contributed by atoms with van der Waals surface area (Å²) in [5, 5.41) is 0. The zero-order valence-corrected chi connectivity index (χ0v) is 12.9. The Morgan fingerprint density at radius 3 is 2.85 bits per heavy atom. The number of nitrogens with zero attached hydrogens (tertiary/aromatic N) is 2. The van der Waals surface area contributed by atoms with Crippen LogP contribution >= 0.6 is 15.9 Å². The fourth-order valence-corrected chi connectivity index (χ4v) is 2.32. The molecule has 0 bridgehead atoms. The molecule has 0 saturated carbocycles. The van der Waals surface area contributed by atoms with E-state index in [1.54, 1.807) is 18.5 Å². The molecule has 0 radical (unpaired) electrons. The normalized spacial score (nSPS) is 10.8. The number of nitrogens with one attached hydrogen (secondary N) is 1. The molecule has 7 heteroatoms. The summed E-state index contributed by atoms with van der Waals surface area (Å²) in [7, 11) is 1.71. The van der Waals surface area contributed by atoms with Crippen LogP contribution in [0.1, 0.15) is 13.3 Å². The summed E-state index contributed by atoms with van der Waals surface area (Å²) in [5.74, 6) is -0.281. The highest BCUT2D eigenvalue weighted by Gasteiger charge is 2.11. The van der Waals surface area contributed by atoms with Crippen LogP contribution in [0.15, 0.2) is 27.5 Å². The second-order valence-electron chi connectivity index (χ2n) is 4.27. The lowest BCUT2D eigenvalue weighted by atomic mass is 10.3. The van der Waals surface area contributed by atoms with Crippen LogP contribution in [0.25, 0.3) is 11.0 Å². The summed E-state index contributed by atoms with van der Waals surface area (Å²) >= 11 is 3.38. The van der Waals surface area contributed by atoms with Crippen molar-refractivity contribution in [3.63, 3.8) is 0 Å². The van der Waals surface area contributed by atoms with E-state index in [-0.39, 0.29) is 18.1 Å². The number of aromatic nitrogens is 2. The highest BCUT2D eigenvalue weighted by atomic mass is 79.9. The maximum Gasteiger partial charge on any atom is 0.347 e. The fourth-order valence-electron chi connectivity index (χ4n) is 1.97. The Balaban J connectivity index is 2.20. The van der Waals surface area contributed by atoms with Crippen LogP contribution in [0.5, 0.6) is 0 Å². The van der Waals surface area contributed by atoms with E-state index in [0.717, 1.165) is 15.5 Å². The summed E-state index contributed by atoms with van der Waals surface area (Å²) in [6, 6.07) is 5.59. The van der Waals surface area contributed by atoms with E-state index < -0.39 is 0 Å². The van der Waals surface area contributed by atoms with Gasteiger partial charge in [0.05, 0.1) is 24.1 Å². The van der Waals surface area contributed by atoms with Crippen molar-refractivity contribution in [3.8, 4) is 0 Å². The van der Waals surface area contributed by atoms with Gasteiger partial charge in [-0.25, -0.2) is 9.47 Å². The standard InChI is InChI=1S/C13H16BrN3O3/c1-3-20-12(18)6-7-15-17-10-5-4-9(14)8-11(10)16(2)13(17)19/h4-5,8,15H,3,6-7H2,1-2H3. The van der Waals surface area contributed by atoms with Gasteiger partial charge in [0.2, 0.25) is 0 Å². The molecule has 0 unspecified atom stereocenters. The van der Waals surface area contributed by atoms with Crippen LogP contribution in [-0.4, -0.2) is 28.4 Å². The Morgan fingerprint density at radius 1 is 1.40 bits per heavy atom. The predicted molar refractivity (Wildman–Crippen MR) is 80.4 cm³/mol. The van der Waals surface area contributed by atoms with Gasteiger partial charge in [-0.3, -0.25) is 9.36 Å². The molecule has 0 saturated heterocycles. The lowest BCUT2D eigenvalue weighted by Crippen LogP contribution is -2.31. The largest absolute Gasteiger partial charge is 0.466 e. The molecule has 0 fully saturated rings. The number of benzene rings is 1. The number of esters is 1. The molecule has 1 heterocycles. The molecule has 2 rings (SSSR count). The first kappa shape index (κ1) is 14.6. The topological polar surface area (TPSA) is 65.3 Å². The van der Waals surface area contributed by atoms with Crippen molar-refractivity contribution in [1.82, 2.24) is 9.24 Å². The molecule has 20 heavy (non-hydrogen) atoms. The van der Waals surface area contributed by atoms with Crippen molar-refractivity contribution in [1.29, 1.82) is 0 Å². The van der Waals surface area contributed by atoms with Gasteiger partial charge in [-0.1, -0.05) is 15.9 Å². The molecule has 1 aromatic heterocycles. The molecule has 108 valence electrons. The SMILES string of the molecule is CCOC(=O)CCNn1c(=O)n(C)c2cc(Br)ccc21. The van der Waals surface area contributed by atoms with Crippen LogP contribution in [0.2, 0.25) is 0 Å². The van der Waals surface area contributed by atoms with E-state index in [0.29, 0.717) is 13.2 Å². The molecule has 2 aromatic rings. The summed E-state index contributed by atoms with van der Waals surface area (Å²) in [6.07, 6.45) is 0.215. The molecule has 0 aliphatic heterocycles. The van der Waals surface area contributed by atoms with E-state index in [9.17, 15) is 9.59 Å². The number of ether oxygens (including phenoxy) is 1.